The quantitative estimate of drug-likeness (QED) is 0.865. The fraction of sp³-hybridized carbons (Fsp3) is 0.667. The molecule has 3 N–H and O–H groups in total. The number of rotatable bonds is 4. The minimum atomic E-state index is -0.159. The highest BCUT2D eigenvalue weighted by Crippen LogP contribution is 2.27. The van der Waals surface area contributed by atoms with Gasteiger partial charge < -0.3 is 20.7 Å². The summed E-state index contributed by atoms with van der Waals surface area (Å²) in [5.41, 5.74) is 5.82. The fourth-order valence-electron chi connectivity index (χ4n) is 1.94. The van der Waals surface area contributed by atoms with E-state index in [1.54, 1.807) is 0 Å². The van der Waals surface area contributed by atoms with Gasteiger partial charge in [0.15, 0.2) is 5.13 Å². The van der Waals surface area contributed by atoms with Crippen LogP contribution in [0.15, 0.2) is 0 Å². The average Bonchev–Trinajstić information content (AvgIpc) is 2.95. The summed E-state index contributed by atoms with van der Waals surface area (Å²) in [6, 6.07) is 0.0568. The molecule has 0 spiro atoms. The van der Waals surface area contributed by atoms with Crippen LogP contribution in [0.5, 0.6) is 0 Å². The second-order valence-corrected chi connectivity index (χ2v) is 5.65. The maximum Gasteiger partial charge on any atom is 0.265 e. The summed E-state index contributed by atoms with van der Waals surface area (Å²) in [6.07, 6.45) is 0.892. The molecule has 19 heavy (non-hydrogen) atoms. The van der Waals surface area contributed by atoms with Crippen molar-refractivity contribution in [2.75, 3.05) is 30.8 Å². The number of hydrogen-bond donors (Lipinski definition) is 2. The summed E-state index contributed by atoms with van der Waals surface area (Å²) in [5, 5.41) is 3.73. The molecule has 1 saturated heterocycles. The molecule has 2 unspecified atom stereocenters. The molecule has 1 aromatic heterocycles. The second kappa shape index (κ2) is 5.75. The SMILES string of the molecule is CCN(C)c1nc(N)c(C(=O)NC2CCOC2C)s1. The topological polar surface area (TPSA) is 80.5 Å². The number of nitrogen functional groups attached to an aromatic ring is 1. The number of anilines is 2. The Kier molecular flexibility index (Phi) is 4.26. The Morgan fingerprint density at radius 1 is 1.68 bits per heavy atom. The van der Waals surface area contributed by atoms with Gasteiger partial charge in [0, 0.05) is 20.2 Å². The zero-order valence-electron chi connectivity index (χ0n) is 11.5. The highest BCUT2D eigenvalue weighted by Gasteiger charge is 2.27. The van der Waals surface area contributed by atoms with E-state index in [0.717, 1.165) is 18.1 Å². The summed E-state index contributed by atoms with van der Waals surface area (Å²) >= 11 is 1.32. The lowest BCUT2D eigenvalue weighted by Crippen LogP contribution is -2.39. The molecular weight excluding hydrogens is 264 g/mol. The van der Waals surface area contributed by atoms with Gasteiger partial charge in [-0.05, 0) is 20.3 Å². The number of amides is 1. The maximum atomic E-state index is 12.2. The monoisotopic (exact) mass is 284 g/mol. The van der Waals surface area contributed by atoms with E-state index in [2.05, 4.69) is 10.3 Å². The highest BCUT2D eigenvalue weighted by molar-refractivity contribution is 7.18. The lowest BCUT2D eigenvalue weighted by atomic mass is 10.1. The van der Waals surface area contributed by atoms with Gasteiger partial charge in [-0.15, -0.1) is 0 Å². The van der Waals surface area contributed by atoms with E-state index in [0.29, 0.717) is 17.3 Å². The molecule has 1 aliphatic heterocycles. The Morgan fingerprint density at radius 3 is 3.00 bits per heavy atom. The number of carbonyl (C=O) groups is 1. The Morgan fingerprint density at radius 2 is 2.42 bits per heavy atom. The van der Waals surface area contributed by atoms with E-state index < -0.39 is 0 Å². The molecule has 2 rings (SSSR count). The van der Waals surface area contributed by atoms with Gasteiger partial charge in [-0.25, -0.2) is 4.98 Å². The summed E-state index contributed by atoms with van der Waals surface area (Å²) in [7, 11) is 1.92. The molecule has 106 valence electrons. The number of nitrogens with one attached hydrogen (secondary N) is 1. The molecular formula is C12H20N4O2S. The molecule has 2 heterocycles. The molecule has 0 bridgehead atoms. The van der Waals surface area contributed by atoms with Crippen molar-refractivity contribution >= 4 is 28.2 Å². The smallest absolute Gasteiger partial charge is 0.265 e. The van der Waals surface area contributed by atoms with Crippen LogP contribution in [-0.4, -0.2) is 43.2 Å². The summed E-state index contributed by atoms with van der Waals surface area (Å²) < 4.78 is 5.43. The van der Waals surface area contributed by atoms with Gasteiger partial charge in [0.05, 0.1) is 12.1 Å². The molecule has 1 aromatic rings. The first-order valence-corrected chi connectivity index (χ1v) is 7.24. The number of ether oxygens (including phenoxy) is 1. The average molecular weight is 284 g/mol. The van der Waals surface area contributed by atoms with Crippen molar-refractivity contribution in [2.45, 2.75) is 32.4 Å². The molecule has 0 aliphatic carbocycles. The van der Waals surface area contributed by atoms with Gasteiger partial charge in [0.25, 0.3) is 5.91 Å². The van der Waals surface area contributed by atoms with Gasteiger partial charge in [-0.3, -0.25) is 4.79 Å². The standard InChI is InChI=1S/C12H20N4O2S/c1-4-16(3)12-15-10(13)9(19-12)11(17)14-8-5-6-18-7(8)2/h7-8H,4-6,13H2,1-3H3,(H,14,17). The predicted molar refractivity (Wildman–Crippen MR) is 76.8 cm³/mol. The van der Waals surface area contributed by atoms with Crippen LogP contribution in [0, 0.1) is 0 Å². The summed E-state index contributed by atoms with van der Waals surface area (Å²) in [6.45, 7) is 5.49. The second-order valence-electron chi connectivity index (χ2n) is 4.67. The third-order valence-electron chi connectivity index (χ3n) is 3.34. The Bertz CT molecular complexity index is 463. The van der Waals surface area contributed by atoms with Crippen molar-refractivity contribution < 1.29 is 9.53 Å². The molecule has 7 heteroatoms. The molecule has 1 fully saturated rings. The number of aromatic nitrogens is 1. The van der Waals surface area contributed by atoms with Crippen molar-refractivity contribution in [3.05, 3.63) is 4.88 Å². The molecule has 0 aromatic carbocycles. The first-order valence-electron chi connectivity index (χ1n) is 6.42. The lowest BCUT2D eigenvalue weighted by molar-refractivity contribution is 0.0870. The normalized spacial score (nSPS) is 22.5. The number of nitrogens with zero attached hydrogens (tertiary/aromatic N) is 2. The lowest BCUT2D eigenvalue weighted by Gasteiger charge is -2.15. The Hall–Kier alpha value is -1.34. The largest absolute Gasteiger partial charge is 0.382 e. The van der Waals surface area contributed by atoms with E-state index in [9.17, 15) is 4.79 Å². The molecule has 1 amide bonds. The Balaban J connectivity index is 2.08. The minimum Gasteiger partial charge on any atom is -0.382 e. The van der Waals surface area contributed by atoms with Crippen LogP contribution in [0.2, 0.25) is 0 Å². The molecule has 1 aliphatic rings. The summed E-state index contributed by atoms with van der Waals surface area (Å²) in [4.78, 5) is 18.9. The number of nitrogens with two attached hydrogens (primary N) is 1. The van der Waals surface area contributed by atoms with Gasteiger partial charge >= 0.3 is 0 Å². The van der Waals surface area contributed by atoms with Crippen LogP contribution in [0.3, 0.4) is 0 Å². The van der Waals surface area contributed by atoms with E-state index in [1.807, 2.05) is 25.8 Å². The fourth-order valence-corrected chi connectivity index (χ4v) is 2.85. The van der Waals surface area contributed by atoms with E-state index in [-0.39, 0.29) is 18.1 Å². The van der Waals surface area contributed by atoms with Crippen LogP contribution in [0.4, 0.5) is 10.9 Å². The zero-order chi connectivity index (χ0) is 14.0. The number of thiazole rings is 1. The molecule has 2 atom stereocenters. The van der Waals surface area contributed by atoms with Crippen molar-refractivity contribution in [1.82, 2.24) is 10.3 Å². The Labute approximate surface area is 116 Å². The first-order chi connectivity index (χ1) is 9.02. The number of hydrogen-bond acceptors (Lipinski definition) is 6. The van der Waals surface area contributed by atoms with Gasteiger partial charge in [0.1, 0.15) is 10.7 Å². The predicted octanol–water partition coefficient (Wildman–Crippen LogP) is 1.09. The molecule has 6 nitrogen and oxygen atoms in total. The third-order valence-corrected chi connectivity index (χ3v) is 4.53. The molecule has 0 saturated carbocycles. The van der Waals surface area contributed by atoms with Crippen molar-refractivity contribution in [3.63, 3.8) is 0 Å². The zero-order valence-corrected chi connectivity index (χ0v) is 12.3. The highest BCUT2D eigenvalue weighted by atomic mass is 32.1. The van der Waals surface area contributed by atoms with Crippen LogP contribution < -0.4 is 16.0 Å². The minimum absolute atomic E-state index is 0.0517. The molecule has 0 radical (unpaired) electrons. The van der Waals surface area contributed by atoms with E-state index in [4.69, 9.17) is 10.5 Å². The third kappa shape index (κ3) is 2.98. The first kappa shape index (κ1) is 14.1. The van der Waals surface area contributed by atoms with Crippen LogP contribution in [0.25, 0.3) is 0 Å². The van der Waals surface area contributed by atoms with Crippen LogP contribution in [0.1, 0.15) is 29.9 Å². The van der Waals surface area contributed by atoms with E-state index >= 15 is 0 Å². The van der Waals surface area contributed by atoms with Gasteiger partial charge in [0.2, 0.25) is 0 Å². The maximum absolute atomic E-state index is 12.2. The van der Waals surface area contributed by atoms with E-state index in [1.165, 1.54) is 11.3 Å². The van der Waals surface area contributed by atoms with Gasteiger partial charge in [-0.1, -0.05) is 11.3 Å². The van der Waals surface area contributed by atoms with Crippen LogP contribution >= 0.6 is 11.3 Å². The summed E-state index contributed by atoms with van der Waals surface area (Å²) in [5.74, 6) is 0.137. The van der Waals surface area contributed by atoms with Crippen molar-refractivity contribution in [2.24, 2.45) is 0 Å². The number of carbonyl (C=O) groups excluding carboxylic acids is 1. The van der Waals surface area contributed by atoms with Crippen molar-refractivity contribution in [1.29, 1.82) is 0 Å². The van der Waals surface area contributed by atoms with Crippen molar-refractivity contribution in [3.8, 4) is 0 Å². The van der Waals surface area contributed by atoms with Crippen LogP contribution in [-0.2, 0) is 4.74 Å². The van der Waals surface area contributed by atoms with Gasteiger partial charge in [-0.2, -0.15) is 0 Å².